The number of halogens is 1. The van der Waals surface area contributed by atoms with Crippen molar-refractivity contribution in [2.45, 2.75) is 32.4 Å². The van der Waals surface area contributed by atoms with Gasteiger partial charge in [0, 0.05) is 17.8 Å². The summed E-state index contributed by atoms with van der Waals surface area (Å²) in [7, 11) is 0. The first-order valence-electron chi connectivity index (χ1n) is 6.56. The van der Waals surface area contributed by atoms with E-state index in [0.717, 1.165) is 0 Å². The lowest BCUT2D eigenvalue weighted by molar-refractivity contribution is -0.126. The van der Waals surface area contributed by atoms with E-state index in [-0.39, 0.29) is 17.6 Å². The molecule has 2 aliphatic rings. The van der Waals surface area contributed by atoms with Crippen LogP contribution in [-0.4, -0.2) is 22.8 Å². The van der Waals surface area contributed by atoms with Crippen LogP contribution in [0.4, 0.5) is 4.39 Å². The zero-order chi connectivity index (χ0) is 14.4. The molecule has 3 rings (SSSR count). The van der Waals surface area contributed by atoms with Gasteiger partial charge in [0.15, 0.2) is 0 Å². The lowest BCUT2D eigenvalue weighted by atomic mass is 10.0. The minimum Gasteiger partial charge on any atom is -0.329 e. The standard InChI is InChI=1S/C15H15FN2O2/c1-8-3-6-13(14(19)17-8)18-7-11-9(2)12(16)5-4-10(11)15(18)20/h4-5,13H,1,3,6-7H2,2H3,(H,17,19). The van der Waals surface area contributed by atoms with Gasteiger partial charge in [-0.25, -0.2) is 4.39 Å². The SMILES string of the molecule is C=C1CCC(N2Cc3c(ccc(F)c3C)C2=O)C(=O)N1. The lowest BCUT2D eigenvalue weighted by Crippen LogP contribution is -2.49. The highest BCUT2D eigenvalue weighted by Crippen LogP contribution is 2.31. The fraction of sp³-hybridized carbons (Fsp3) is 0.333. The average molecular weight is 274 g/mol. The van der Waals surface area contributed by atoms with Crippen LogP contribution in [0.15, 0.2) is 24.4 Å². The summed E-state index contributed by atoms with van der Waals surface area (Å²) in [4.78, 5) is 25.9. The quantitative estimate of drug-likeness (QED) is 0.850. The average Bonchev–Trinajstić information content (AvgIpc) is 2.72. The Labute approximate surface area is 116 Å². The van der Waals surface area contributed by atoms with Gasteiger partial charge >= 0.3 is 0 Å². The van der Waals surface area contributed by atoms with Gasteiger partial charge in [0.1, 0.15) is 11.9 Å². The molecule has 0 radical (unpaired) electrons. The second kappa shape index (κ2) is 4.44. The van der Waals surface area contributed by atoms with Crippen LogP contribution in [-0.2, 0) is 11.3 Å². The van der Waals surface area contributed by atoms with Crippen molar-refractivity contribution in [3.63, 3.8) is 0 Å². The number of hydrogen-bond donors (Lipinski definition) is 1. The summed E-state index contributed by atoms with van der Waals surface area (Å²) in [6.07, 6.45) is 1.22. The number of nitrogens with zero attached hydrogens (tertiary/aromatic N) is 1. The zero-order valence-electron chi connectivity index (χ0n) is 11.2. The van der Waals surface area contributed by atoms with E-state index >= 15 is 0 Å². The number of fused-ring (bicyclic) bond motifs is 1. The maximum atomic E-state index is 13.6. The minimum absolute atomic E-state index is 0.198. The van der Waals surface area contributed by atoms with Gasteiger partial charge in [0.05, 0.1) is 0 Å². The van der Waals surface area contributed by atoms with Crippen molar-refractivity contribution in [1.82, 2.24) is 10.2 Å². The first-order valence-corrected chi connectivity index (χ1v) is 6.56. The molecule has 0 aliphatic carbocycles. The Kier molecular flexibility index (Phi) is 2.85. The van der Waals surface area contributed by atoms with Crippen LogP contribution in [0.5, 0.6) is 0 Å². The van der Waals surface area contributed by atoms with Crippen molar-refractivity contribution < 1.29 is 14.0 Å². The monoisotopic (exact) mass is 274 g/mol. The molecule has 104 valence electrons. The predicted octanol–water partition coefficient (Wildman–Crippen LogP) is 1.88. The number of amides is 2. The maximum absolute atomic E-state index is 13.6. The van der Waals surface area contributed by atoms with Crippen molar-refractivity contribution >= 4 is 11.8 Å². The molecule has 4 nitrogen and oxygen atoms in total. The fourth-order valence-electron chi connectivity index (χ4n) is 2.84. The number of nitrogens with one attached hydrogen (secondary N) is 1. The molecule has 1 atom stereocenters. The second-order valence-electron chi connectivity index (χ2n) is 5.28. The Morgan fingerprint density at radius 1 is 1.40 bits per heavy atom. The third kappa shape index (κ3) is 1.81. The molecule has 0 aromatic heterocycles. The van der Waals surface area contributed by atoms with E-state index in [1.165, 1.54) is 17.0 Å². The summed E-state index contributed by atoms with van der Waals surface area (Å²) >= 11 is 0. The van der Waals surface area contributed by atoms with Crippen LogP contribution < -0.4 is 5.32 Å². The molecule has 1 aromatic rings. The number of benzene rings is 1. The van der Waals surface area contributed by atoms with E-state index in [0.29, 0.717) is 41.8 Å². The van der Waals surface area contributed by atoms with Gasteiger partial charge in [0.25, 0.3) is 5.91 Å². The molecule has 0 spiro atoms. The summed E-state index contributed by atoms with van der Waals surface area (Å²) in [6, 6.07) is 2.31. The molecule has 1 fully saturated rings. The second-order valence-corrected chi connectivity index (χ2v) is 5.28. The van der Waals surface area contributed by atoms with Gasteiger partial charge in [-0.2, -0.15) is 0 Å². The normalized spacial score (nSPS) is 22.0. The van der Waals surface area contributed by atoms with Gasteiger partial charge in [-0.05, 0) is 43.0 Å². The van der Waals surface area contributed by atoms with Gasteiger partial charge in [-0.1, -0.05) is 6.58 Å². The Balaban J connectivity index is 1.92. The largest absolute Gasteiger partial charge is 0.329 e. The minimum atomic E-state index is -0.497. The predicted molar refractivity (Wildman–Crippen MR) is 71.3 cm³/mol. The molecule has 1 unspecified atom stereocenters. The van der Waals surface area contributed by atoms with Crippen LogP contribution in [0.1, 0.15) is 34.3 Å². The molecule has 0 bridgehead atoms. The molecule has 20 heavy (non-hydrogen) atoms. The first-order chi connectivity index (χ1) is 9.49. The molecule has 2 heterocycles. The number of rotatable bonds is 1. The number of carbonyl (C=O) groups is 2. The van der Waals surface area contributed by atoms with E-state index in [9.17, 15) is 14.0 Å². The van der Waals surface area contributed by atoms with E-state index in [2.05, 4.69) is 11.9 Å². The molecule has 1 saturated heterocycles. The van der Waals surface area contributed by atoms with Crippen LogP contribution in [0.2, 0.25) is 0 Å². The van der Waals surface area contributed by atoms with Crippen molar-refractivity contribution in [1.29, 1.82) is 0 Å². The molecule has 2 aliphatic heterocycles. The summed E-state index contributed by atoms with van der Waals surface area (Å²) in [5.41, 5.74) is 2.35. The molecule has 1 N–H and O–H groups in total. The zero-order valence-corrected chi connectivity index (χ0v) is 11.2. The van der Waals surface area contributed by atoms with Gasteiger partial charge in [-0.15, -0.1) is 0 Å². The Hall–Kier alpha value is -2.17. The third-order valence-electron chi connectivity index (χ3n) is 4.05. The highest BCUT2D eigenvalue weighted by molar-refractivity contribution is 6.01. The first kappa shape index (κ1) is 12.8. The van der Waals surface area contributed by atoms with Crippen LogP contribution in [0.3, 0.4) is 0 Å². The highest BCUT2D eigenvalue weighted by atomic mass is 19.1. The summed E-state index contributed by atoms with van der Waals surface area (Å²) in [5, 5.41) is 2.68. The summed E-state index contributed by atoms with van der Waals surface area (Å²) in [6.45, 7) is 5.68. The van der Waals surface area contributed by atoms with Crippen molar-refractivity contribution in [3.05, 3.63) is 46.9 Å². The molecular weight excluding hydrogens is 259 g/mol. The number of piperidine rings is 1. The molecule has 5 heteroatoms. The van der Waals surface area contributed by atoms with E-state index in [4.69, 9.17) is 0 Å². The smallest absolute Gasteiger partial charge is 0.255 e. The van der Waals surface area contributed by atoms with Crippen LogP contribution in [0.25, 0.3) is 0 Å². The highest BCUT2D eigenvalue weighted by Gasteiger charge is 2.38. The number of allylic oxidation sites excluding steroid dienone is 1. The lowest BCUT2D eigenvalue weighted by Gasteiger charge is -2.31. The molecular formula is C15H15FN2O2. The molecule has 0 saturated carbocycles. The Morgan fingerprint density at radius 2 is 2.15 bits per heavy atom. The Morgan fingerprint density at radius 3 is 2.85 bits per heavy atom. The topological polar surface area (TPSA) is 49.4 Å². The summed E-state index contributed by atoms with van der Waals surface area (Å²) in [5.74, 6) is -0.726. The molecule has 2 amide bonds. The van der Waals surface area contributed by atoms with Gasteiger partial charge < -0.3 is 10.2 Å². The third-order valence-corrected chi connectivity index (χ3v) is 4.05. The summed E-state index contributed by atoms with van der Waals surface area (Å²) < 4.78 is 13.6. The van der Waals surface area contributed by atoms with E-state index < -0.39 is 6.04 Å². The van der Waals surface area contributed by atoms with Gasteiger partial charge in [-0.3, -0.25) is 9.59 Å². The molecule has 1 aromatic carbocycles. The Bertz CT molecular complexity index is 639. The van der Waals surface area contributed by atoms with Gasteiger partial charge in [0.2, 0.25) is 5.91 Å². The van der Waals surface area contributed by atoms with Crippen molar-refractivity contribution in [2.24, 2.45) is 0 Å². The number of hydrogen-bond acceptors (Lipinski definition) is 2. The van der Waals surface area contributed by atoms with Crippen molar-refractivity contribution in [3.8, 4) is 0 Å². The van der Waals surface area contributed by atoms with Crippen LogP contribution in [0, 0.1) is 12.7 Å². The number of carbonyl (C=O) groups excluding carboxylic acids is 2. The van der Waals surface area contributed by atoms with Crippen LogP contribution >= 0.6 is 0 Å². The van der Waals surface area contributed by atoms with Crippen molar-refractivity contribution in [2.75, 3.05) is 0 Å². The van der Waals surface area contributed by atoms with E-state index in [1.54, 1.807) is 6.92 Å². The van der Waals surface area contributed by atoms with E-state index in [1.807, 2.05) is 0 Å². The fourth-order valence-corrected chi connectivity index (χ4v) is 2.84. The maximum Gasteiger partial charge on any atom is 0.255 e.